The summed E-state index contributed by atoms with van der Waals surface area (Å²) in [7, 11) is 0. The number of benzene rings is 1. The maximum absolute atomic E-state index is 11.7. The molecular weight excluding hydrogens is 232 g/mol. The number of hydrogen-bond acceptors (Lipinski definition) is 2. The Bertz CT molecular complexity index is 437. The molecule has 0 spiro atoms. The first-order chi connectivity index (χ1) is 8.45. The van der Waals surface area contributed by atoms with Gasteiger partial charge in [-0.3, -0.25) is 0 Å². The van der Waals surface area contributed by atoms with Crippen LogP contribution in [0.4, 0.5) is 10.5 Å². The molecule has 5 nitrogen and oxygen atoms in total. The van der Waals surface area contributed by atoms with E-state index in [-0.39, 0.29) is 0 Å². The van der Waals surface area contributed by atoms with Gasteiger partial charge < -0.3 is 15.7 Å². The van der Waals surface area contributed by atoms with Crippen LogP contribution < -0.4 is 10.6 Å². The number of para-hydroxylation sites is 1. The maximum atomic E-state index is 11.7. The van der Waals surface area contributed by atoms with Gasteiger partial charge in [0, 0.05) is 5.69 Å². The number of carbonyl (C=O) groups excluding carboxylic acids is 1. The van der Waals surface area contributed by atoms with Crippen LogP contribution in [0.5, 0.6) is 0 Å². The number of carbonyl (C=O) groups is 2. The molecule has 1 aromatic carbocycles. The second-order valence-corrected chi connectivity index (χ2v) is 4.16. The van der Waals surface area contributed by atoms with Gasteiger partial charge in [-0.05, 0) is 31.4 Å². The summed E-state index contributed by atoms with van der Waals surface area (Å²) in [5.74, 6) is -1.03. The van der Waals surface area contributed by atoms with E-state index in [9.17, 15) is 9.59 Å². The highest BCUT2D eigenvalue weighted by molar-refractivity contribution is 5.93. The number of anilines is 1. The Balaban J connectivity index is 2.73. The molecule has 1 unspecified atom stereocenters. The Kier molecular flexibility index (Phi) is 4.71. The molecule has 0 radical (unpaired) electrons. The molecule has 0 heterocycles. The van der Waals surface area contributed by atoms with Gasteiger partial charge in [-0.25, -0.2) is 9.59 Å². The van der Waals surface area contributed by atoms with Crippen molar-refractivity contribution in [2.45, 2.75) is 33.2 Å². The van der Waals surface area contributed by atoms with Crippen LogP contribution in [0.25, 0.3) is 0 Å². The topological polar surface area (TPSA) is 78.4 Å². The Morgan fingerprint density at radius 1 is 1.28 bits per heavy atom. The lowest BCUT2D eigenvalue weighted by Gasteiger charge is -2.15. The van der Waals surface area contributed by atoms with Crippen LogP contribution in [0.3, 0.4) is 0 Å². The van der Waals surface area contributed by atoms with Crippen LogP contribution in [-0.2, 0) is 4.79 Å². The van der Waals surface area contributed by atoms with Gasteiger partial charge >= 0.3 is 12.0 Å². The molecule has 18 heavy (non-hydrogen) atoms. The van der Waals surface area contributed by atoms with Crippen LogP contribution in [-0.4, -0.2) is 23.1 Å². The van der Waals surface area contributed by atoms with Crippen molar-refractivity contribution < 1.29 is 14.7 Å². The highest BCUT2D eigenvalue weighted by atomic mass is 16.4. The van der Waals surface area contributed by atoms with Gasteiger partial charge in [-0.1, -0.05) is 25.1 Å². The van der Waals surface area contributed by atoms with E-state index in [4.69, 9.17) is 5.11 Å². The molecule has 2 amide bonds. The van der Waals surface area contributed by atoms with E-state index in [2.05, 4.69) is 10.6 Å². The molecule has 0 saturated heterocycles. The number of hydrogen-bond donors (Lipinski definition) is 3. The van der Waals surface area contributed by atoms with E-state index in [1.165, 1.54) is 0 Å². The Hall–Kier alpha value is -2.04. The fraction of sp³-hybridized carbons (Fsp3) is 0.385. The fourth-order valence-electron chi connectivity index (χ4n) is 1.66. The van der Waals surface area contributed by atoms with Crippen molar-refractivity contribution in [2.75, 3.05) is 5.32 Å². The van der Waals surface area contributed by atoms with E-state index in [1.54, 1.807) is 6.92 Å². The SMILES string of the molecule is CCC(NC(=O)Nc1c(C)cccc1C)C(=O)O. The van der Waals surface area contributed by atoms with Crippen molar-refractivity contribution >= 4 is 17.7 Å². The van der Waals surface area contributed by atoms with Gasteiger partial charge in [-0.2, -0.15) is 0 Å². The molecule has 0 aliphatic carbocycles. The van der Waals surface area contributed by atoms with Gasteiger partial charge in [0.25, 0.3) is 0 Å². The largest absolute Gasteiger partial charge is 0.480 e. The minimum absolute atomic E-state index is 0.343. The first-order valence-corrected chi connectivity index (χ1v) is 5.82. The quantitative estimate of drug-likeness (QED) is 0.767. The minimum atomic E-state index is -1.03. The van der Waals surface area contributed by atoms with Crippen molar-refractivity contribution in [3.05, 3.63) is 29.3 Å². The number of amides is 2. The van der Waals surface area contributed by atoms with Crippen LogP contribution in [0.15, 0.2) is 18.2 Å². The smallest absolute Gasteiger partial charge is 0.326 e. The predicted octanol–water partition coefficient (Wildman–Crippen LogP) is 2.29. The average Bonchev–Trinajstić information content (AvgIpc) is 2.30. The van der Waals surface area contributed by atoms with Crippen molar-refractivity contribution in [1.29, 1.82) is 0 Å². The summed E-state index contributed by atoms with van der Waals surface area (Å²) in [5.41, 5.74) is 2.59. The van der Waals surface area contributed by atoms with Crippen LogP contribution in [0.1, 0.15) is 24.5 Å². The van der Waals surface area contributed by atoms with E-state index >= 15 is 0 Å². The summed E-state index contributed by atoms with van der Waals surface area (Å²) in [5, 5.41) is 14.0. The molecule has 0 aromatic heterocycles. The molecule has 0 bridgehead atoms. The summed E-state index contributed by atoms with van der Waals surface area (Å²) < 4.78 is 0. The Morgan fingerprint density at radius 3 is 2.28 bits per heavy atom. The van der Waals surface area contributed by atoms with Crippen molar-refractivity contribution in [2.24, 2.45) is 0 Å². The highest BCUT2D eigenvalue weighted by Crippen LogP contribution is 2.19. The van der Waals surface area contributed by atoms with Gasteiger partial charge in [0.2, 0.25) is 0 Å². The van der Waals surface area contributed by atoms with Gasteiger partial charge in [-0.15, -0.1) is 0 Å². The number of aryl methyl sites for hydroxylation is 2. The Labute approximate surface area is 106 Å². The zero-order valence-electron chi connectivity index (χ0n) is 10.8. The molecule has 0 saturated carbocycles. The molecule has 3 N–H and O–H groups in total. The van der Waals surface area contributed by atoms with E-state index in [1.807, 2.05) is 32.0 Å². The minimum Gasteiger partial charge on any atom is -0.480 e. The molecule has 0 aliphatic heterocycles. The number of rotatable bonds is 4. The zero-order chi connectivity index (χ0) is 13.7. The number of aliphatic carboxylic acids is 1. The third kappa shape index (κ3) is 3.48. The predicted molar refractivity (Wildman–Crippen MR) is 69.8 cm³/mol. The average molecular weight is 250 g/mol. The number of nitrogens with one attached hydrogen (secondary N) is 2. The van der Waals surface area contributed by atoms with Crippen LogP contribution in [0.2, 0.25) is 0 Å². The molecule has 1 aromatic rings. The number of carboxylic acids is 1. The van der Waals surface area contributed by atoms with Gasteiger partial charge in [0.05, 0.1) is 0 Å². The standard InChI is InChI=1S/C13H18N2O3/c1-4-10(12(16)17)14-13(18)15-11-8(2)6-5-7-9(11)3/h5-7,10H,4H2,1-3H3,(H,16,17)(H2,14,15,18). The van der Waals surface area contributed by atoms with E-state index < -0.39 is 18.0 Å². The van der Waals surface area contributed by atoms with E-state index in [0.717, 1.165) is 16.8 Å². The Morgan fingerprint density at radius 2 is 1.83 bits per heavy atom. The summed E-state index contributed by atoms with van der Waals surface area (Å²) in [6, 6.07) is 4.31. The third-order valence-corrected chi connectivity index (χ3v) is 2.73. The molecule has 5 heteroatoms. The molecule has 1 rings (SSSR count). The van der Waals surface area contributed by atoms with Crippen LogP contribution >= 0.6 is 0 Å². The lowest BCUT2D eigenvalue weighted by molar-refractivity contribution is -0.139. The van der Waals surface area contributed by atoms with Crippen molar-refractivity contribution in [1.82, 2.24) is 5.32 Å². The summed E-state index contributed by atoms with van der Waals surface area (Å²) in [6.45, 7) is 5.48. The first kappa shape index (κ1) is 14.0. The molecule has 98 valence electrons. The van der Waals surface area contributed by atoms with E-state index in [0.29, 0.717) is 6.42 Å². The molecular formula is C13H18N2O3. The maximum Gasteiger partial charge on any atom is 0.326 e. The van der Waals surface area contributed by atoms with Gasteiger partial charge in [0.1, 0.15) is 6.04 Å². The lowest BCUT2D eigenvalue weighted by atomic mass is 10.1. The molecule has 1 atom stereocenters. The summed E-state index contributed by atoms with van der Waals surface area (Å²) in [6.07, 6.45) is 0.343. The van der Waals surface area contributed by atoms with Gasteiger partial charge in [0.15, 0.2) is 0 Å². The van der Waals surface area contributed by atoms with Crippen molar-refractivity contribution in [3.8, 4) is 0 Å². The molecule has 0 fully saturated rings. The summed E-state index contributed by atoms with van der Waals surface area (Å²) >= 11 is 0. The number of urea groups is 1. The second-order valence-electron chi connectivity index (χ2n) is 4.16. The number of carboxylic acid groups (broad SMARTS) is 1. The third-order valence-electron chi connectivity index (χ3n) is 2.73. The normalized spacial score (nSPS) is 11.7. The fourth-order valence-corrected chi connectivity index (χ4v) is 1.66. The zero-order valence-corrected chi connectivity index (χ0v) is 10.8. The highest BCUT2D eigenvalue weighted by Gasteiger charge is 2.18. The second kappa shape index (κ2) is 6.05. The summed E-state index contributed by atoms with van der Waals surface area (Å²) in [4.78, 5) is 22.5. The molecule has 0 aliphatic rings. The lowest BCUT2D eigenvalue weighted by Crippen LogP contribution is -2.42. The monoisotopic (exact) mass is 250 g/mol. The first-order valence-electron chi connectivity index (χ1n) is 5.82. The van der Waals surface area contributed by atoms with Crippen LogP contribution in [0, 0.1) is 13.8 Å². The van der Waals surface area contributed by atoms with Crippen molar-refractivity contribution in [3.63, 3.8) is 0 Å².